The summed E-state index contributed by atoms with van der Waals surface area (Å²) in [6.45, 7) is 10.8. The van der Waals surface area contributed by atoms with E-state index in [1.54, 1.807) is 0 Å². The molecular weight excluding hydrogens is 232 g/mol. The minimum atomic E-state index is 0.428. The lowest BCUT2D eigenvalue weighted by atomic mass is 9.99. The van der Waals surface area contributed by atoms with Crippen LogP contribution in [-0.2, 0) is 6.42 Å². The summed E-state index contributed by atoms with van der Waals surface area (Å²) in [6.07, 6.45) is 3.89. The lowest BCUT2D eigenvalue weighted by molar-refractivity contribution is 0.313. The van der Waals surface area contributed by atoms with Gasteiger partial charge in [0.15, 0.2) is 0 Å². The van der Waals surface area contributed by atoms with Crippen LogP contribution in [0.4, 0.5) is 0 Å². The Morgan fingerprint density at radius 1 is 1.47 bits per heavy atom. The van der Waals surface area contributed by atoms with Gasteiger partial charge in [0, 0.05) is 5.02 Å². The van der Waals surface area contributed by atoms with E-state index in [2.05, 4.69) is 20.4 Å². The first-order valence-corrected chi connectivity index (χ1v) is 6.50. The SMILES string of the molecule is C=CC(C)Cc1cc(Cl)c(C)cc1OCCC. The van der Waals surface area contributed by atoms with Gasteiger partial charge in [-0.25, -0.2) is 0 Å². The van der Waals surface area contributed by atoms with Crippen LogP contribution in [0.1, 0.15) is 31.4 Å². The predicted molar refractivity (Wildman–Crippen MR) is 75.0 cm³/mol. The number of allylic oxidation sites excluding steroid dienone is 1. The van der Waals surface area contributed by atoms with E-state index in [1.165, 1.54) is 5.56 Å². The zero-order chi connectivity index (χ0) is 12.8. The molecular formula is C15H21ClO. The molecule has 1 aromatic rings. The molecule has 0 fully saturated rings. The van der Waals surface area contributed by atoms with E-state index in [0.717, 1.165) is 35.8 Å². The van der Waals surface area contributed by atoms with Gasteiger partial charge in [0.25, 0.3) is 0 Å². The van der Waals surface area contributed by atoms with Gasteiger partial charge < -0.3 is 4.74 Å². The third-order valence-electron chi connectivity index (χ3n) is 2.75. The molecule has 1 rings (SSSR count). The van der Waals surface area contributed by atoms with Gasteiger partial charge in [0.2, 0.25) is 0 Å². The molecule has 0 aliphatic rings. The van der Waals surface area contributed by atoms with Gasteiger partial charge in [-0.05, 0) is 48.9 Å². The highest BCUT2D eigenvalue weighted by Gasteiger charge is 2.09. The van der Waals surface area contributed by atoms with Crippen molar-refractivity contribution in [3.63, 3.8) is 0 Å². The smallest absolute Gasteiger partial charge is 0.122 e. The Labute approximate surface area is 109 Å². The second kappa shape index (κ2) is 6.70. The maximum atomic E-state index is 6.17. The van der Waals surface area contributed by atoms with E-state index >= 15 is 0 Å². The van der Waals surface area contributed by atoms with Crippen molar-refractivity contribution in [3.05, 3.63) is 40.9 Å². The molecule has 17 heavy (non-hydrogen) atoms. The van der Waals surface area contributed by atoms with E-state index < -0.39 is 0 Å². The molecule has 2 heteroatoms. The van der Waals surface area contributed by atoms with Gasteiger partial charge in [-0.3, -0.25) is 0 Å². The molecule has 0 aromatic heterocycles. The van der Waals surface area contributed by atoms with Crippen molar-refractivity contribution in [2.45, 2.75) is 33.6 Å². The van der Waals surface area contributed by atoms with Gasteiger partial charge in [-0.1, -0.05) is 31.5 Å². The molecule has 0 spiro atoms. The van der Waals surface area contributed by atoms with E-state index in [4.69, 9.17) is 16.3 Å². The Bertz CT molecular complexity index is 385. The lowest BCUT2D eigenvalue weighted by Crippen LogP contribution is -2.03. The van der Waals surface area contributed by atoms with Gasteiger partial charge in [-0.15, -0.1) is 6.58 Å². The van der Waals surface area contributed by atoms with Crippen LogP contribution in [0.2, 0.25) is 5.02 Å². The monoisotopic (exact) mass is 252 g/mol. The summed E-state index contributed by atoms with van der Waals surface area (Å²) in [5.74, 6) is 1.39. The first kappa shape index (κ1) is 14.1. The van der Waals surface area contributed by atoms with Gasteiger partial charge >= 0.3 is 0 Å². The van der Waals surface area contributed by atoms with Crippen molar-refractivity contribution in [2.75, 3.05) is 6.61 Å². The van der Waals surface area contributed by atoms with Crippen LogP contribution in [0, 0.1) is 12.8 Å². The molecule has 1 nitrogen and oxygen atoms in total. The van der Waals surface area contributed by atoms with Crippen molar-refractivity contribution in [3.8, 4) is 5.75 Å². The number of rotatable bonds is 6. The van der Waals surface area contributed by atoms with E-state index in [0.29, 0.717) is 5.92 Å². The molecule has 0 saturated heterocycles. The van der Waals surface area contributed by atoms with Crippen LogP contribution in [0.3, 0.4) is 0 Å². The third kappa shape index (κ3) is 4.08. The standard InChI is InChI=1S/C15H21ClO/c1-5-7-17-15-9-12(4)14(16)10-13(15)8-11(3)6-2/h6,9-11H,2,5,7-8H2,1,3-4H3. The topological polar surface area (TPSA) is 9.23 Å². The van der Waals surface area contributed by atoms with E-state index in [1.807, 2.05) is 25.1 Å². The van der Waals surface area contributed by atoms with Crippen LogP contribution in [0.25, 0.3) is 0 Å². The summed E-state index contributed by atoms with van der Waals surface area (Å²) >= 11 is 6.17. The zero-order valence-corrected chi connectivity index (χ0v) is 11.7. The highest BCUT2D eigenvalue weighted by atomic mass is 35.5. The number of benzene rings is 1. The van der Waals surface area contributed by atoms with Crippen LogP contribution in [0.5, 0.6) is 5.75 Å². The average Bonchev–Trinajstić information content (AvgIpc) is 2.31. The van der Waals surface area contributed by atoms with Crippen LogP contribution < -0.4 is 4.74 Å². The largest absolute Gasteiger partial charge is 0.493 e. The molecule has 0 heterocycles. The van der Waals surface area contributed by atoms with Crippen LogP contribution in [-0.4, -0.2) is 6.61 Å². The normalized spacial score (nSPS) is 12.2. The Morgan fingerprint density at radius 2 is 2.18 bits per heavy atom. The van der Waals surface area contributed by atoms with E-state index in [-0.39, 0.29) is 0 Å². The predicted octanol–water partition coefficient (Wildman–Crippen LogP) is 4.80. The van der Waals surface area contributed by atoms with Crippen LogP contribution >= 0.6 is 11.6 Å². The van der Waals surface area contributed by atoms with Crippen molar-refractivity contribution in [1.82, 2.24) is 0 Å². The Kier molecular flexibility index (Phi) is 5.57. The highest BCUT2D eigenvalue weighted by molar-refractivity contribution is 6.31. The van der Waals surface area contributed by atoms with Crippen molar-refractivity contribution in [2.24, 2.45) is 5.92 Å². The van der Waals surface area contributed by atoms with Crippen molar-refractivity contribution < 1.29 is 4.74 Å². The molecule has 0 N–H and O–H groups in total. The quantitative estimate of drug-likeness (QED) is 0.661. The summed E-state index contributed by atoms with van der Waals surface area (Å²) < 4.78 is 5.77. The molecule has 0 amide bonds. The molecule has 1 unspecified atom stereocenters. The maximum absolute atomic E-state index is 6.17. The van der Waals surface area contributed by atoms with Gasteiger partial charge in [0.05, 0.1) is 6.61 Å². The Hall–Kier alpha value is -0.950. The second-order valence-corrected chi connectivity index (χ2v) is 4.88. The molecule has 0 saturated carbocycles. The van der Waals surface area contributed by atoms with Gasteiger partial charge in [-0.2, -0.15) is 0 Å². The first-order chi connectivity index (χ1) is 8.08. The van der Waals surface area contributed by atoms with Gasteiger partial charge in [0.1, 0.15) is 5.75 Å². The Balaban J connectivity index is 2.97. The summed E-state index contributed by atoms with van der Waals surface area (Å²) in [5.41, 5.74) is 2.23. The molecule has 94 valence electrons. The fourth-order valence-corrected chi connectivity index (χ4v) is 1.82. The number of halogens is 1. The number of hydrogen-bond acceptors (Lipinski definition) is 1. The molecule has 0 radical (unpaired) electrons. The molecule has 0 aliphatic carbocycles. The number of hydrogen-bond donors (Lipinski definition) is 0. The van der Waals surface area contributed by atoms with Crippen molar-refractivity contribution >= 4 is 11.6 Å². The fraction of sp³-hybridized carbons (Fsp3) is 0.467. The summed E-state index contributed by atoms with van der Waals surface area (Å²) in [5, 5.41) is 0.806. The second-order valence-electron chi connectivity index (χ2n) is 4.47. The van der Waals surface area contributed by atoms with E-state index in [9.17, 15) is 0 Å². The molecule has 0 aliphatic heterocycles. The van der Waals surface area contributed by atoms with Crippen molar-refractivity contribution in [1.29, 1.82) is 0 Å². The number of ether oxygens (including phenoxy) is 1. The zero-order valence-electron chi connectivity index (χ0n) is 10.9. The molecule has 1 aromatic carbocycles. The molecule has 1 atom stereocenters. The van der Waals surface area contributed by atoms with Crippen LogP contribution in [0.15, 0.2) is 24.8 Å². The minimum Gasteiger partial charge on any atom is -0.493 e. The fourth-order valence-electron chi connectivity index (χ4n) is 1.63. The summed E-state index contributed by atoms with van der Waals surface area (Å²) in [7, 11) is 0. The Morgan fingerprint density at radius 3 is 2.76 bits per heavy atom. The average molecular weight is 253 g/mol. The summed E-state index contributed by atoms with van der Waals surface area (Å²) in [4.78, 5) is 0. The number of aryl methyl sites for hydroxylation is 1. The first-order valence-electron chi connectivity index (χ1n) is 6.12. The maximum Gasteiger partial charge on any atom is 0.122 e. The summed E-state index contributed by atoms with van der Waals surface area (Å²) in [6, 6.07) is 4.05. The molecule has 0 bridgehead atoms. The highest BCUT2D eigenvalue weighted by Crippen LogP contribution is 2.29. The minimum absolute atomic E-state index is 0.428. The lowest BCUT2D eigenvalue weighted by Gasteiger charge is -2.15. The third-order valence-corrected chi connectivity index (χ3v) is 3.15.